The average molecular weight is 234 g/mol. The minimum atomic E-state index is -0.280. The van der Waals surface area contributed by atoms with Crippen LogP contribution in [0.3, 0.4) is 0 Å². The Morgan fingerprint density at radius 3 is 3.06 bits per heavy atom. The van der Waals surface area contributed by atoms with Gasteiger partial charge < -0.3 is 9.73 Å². The van der Waals surface area contributed by atoms with Crippen molar-refractivity contribution in [2.24, 2.45) is 0 Å². The van der Waals surface area contributed by atoms with Gasteiger partial charge in [-0.1, -0.05) is 6.07 Å². The molecule has 4 heteroatoms. The summed E-state index contributed by atoms with van der Waals surface area (Å²) in [7, 11) is 1.92. The van der Waals surface area contributed by atoms with Crippen LogP contribution in [0, 0.1) is 5.82 Å². The number of aromatic nitrogens is 1. The summed E-state index contributed by atoms with van der Waals surface area (Å²) in [5.41, 5.74) is 1.57. The molecule has 3 nitrogen and oxygen atoms in total. The monoisotopic (exact) mass is 234 g/mol. The average Bonchev–Trinajstić information content (AvgIpc) is 2.78. The van der Waals surface area contributed by atoms with Gasteiger partial charge in [0.2, 0.25) is 5.89 Å². The van der Waals surface area contributed by atoms with E-state index in [9.17, 15) is 4.39 Å². The summed E-state index contributed by atoms with van der Waals surface area (Å²) in [6.45, 7) is 0.947. The number of aryl methyl sites for hydroxylation is 1. The second-order valence-corrected chi connectivity index (χ2v) is 3.86. The number of nitrogens with zero attached hydrogens (tertiary/aromatic N) is 1. The Kier molecular flexibility index (Phi) is 3.88. The third-order valence-electron chi connectivity index (χ3n) is 2.48. The van der Waals surface area contributed by atoms with Crippen molar-refractivity contribution in [2.75, 3.05) is 13.6 Å². The van der Waals surface area contributed by atoms with Crippen molar-refractivity contribution in [3.05, 3.63) is 42.0 Å². The van der Waals surface area contributed by atoms with Crippen molar-refractivity contribution >= 4 is 0 Å². The maximum absolute atomic E-state index is 13.0. The Morgan fingerprint density at radius 1 is 1.41 bits per heavy atom. The third kappa shape index (κ3) is 3.14. The Hall–Kier alpha value is -1.68. The standard InChI is InChI=1S/C13H15FN2O/c1-15-7-3-6-12-9-17-13(16-12)10-4-2-5-11(14)8-10/h2,4-5,8-9,15H,3,6-7H2,1H3. The van der Waals surface area contributed by atoms with Crippen LogP contribution in [-0.2, 0) is 6.42 Å². The lowest BCUT2D eigenvalue weighted by atomic mass is 10.2. The molecule has 17 heavy (non-hydrogen) atoms. The van der Waals surface area contributed by atoms with Crippen LogP contribution in [0.25, 0.3) is 11.5 Å². The molecule has 1 aromatic heterocycles. The molecule has 0 aliphatic heterocycles. The van der Waals surface area contributed by atoms with Gasteiger partial charge in [-0.2, -0.15) is 0 Å². The quantitative estimate of drug-likeness (QED) is 0.808. The van der Waals surface area contributed by atoms with Gasteiger partial charge in [-0.15, -0.1) is 0 Å². The van der Waals surface area contributed by atoms with Gasteiger partial charge in [-0.05, 0) is 44.6 Å². The van der Waals surface area contributed by atoms with E-state index in [1.165, 1.54) is 12.1 Å². The van der Waals surface area contributed by atoms with Gasteiger partial charge in [-0.3, -0.25) is 0 Å². The number of rotatable bonds is 5. The van der Waals surface area contributed by atoms with E-state index in [4.69, 9.17) is 4.42 Å². The summed E-state index contributed by atoms with van der Waals surface area (Å²) >= 11 is 0. The van der Waals surface area contributed by atoms with E-state index in [0.29, 0.717) is 11.5 Å². The molecule has 0 saturated heterocycles. The third-order valence-corrected chi connectivity index (χ3v) is 2.48. The number of halogens is 1. The van der Waals surface area contributed by atoms with Crippen LogP contribution in [0.2, 0.25) is 0 Å². The van der Waals surface area contributed by atoms with Crippen LogP contribution in [0.5, 0.6) is 0 Å². The van der Waals surface area contributed by atoms with Crippen LogP contribution in [0.15, 0.2) is 34.9 Å². The van der Waals surface area contributed by atoms with Gasteiger partial charge >= 0.3 is 0 Å². The molecule has 0 amide bonds. The molecule has 0 unspecified atom stereocenters. The number of benzene rings is 1. The van der Waals surface area contributed by atoms with Gasteiger partial charge in [0.15, 0.2) is 0 Å². The second-order valence-electron chi connectivity index (χ2n) is 3.86. The summed E-state index contributed by atoms with van der Waals surface area (Å²) in [5, 5.41) is 3.08. The smallest absolute Gasteiger partial charge is 0.226 e. The molecule has 90 valence electrons. The van der Waals surface area contributed by atoms with Crippen molar-refractivity contribution in [3.8, 4) is 11.5 Å². The lowest BCUT2D eigenvalue weighted by Crippen LogP contribution is -2.08. The van der Waals surface area contributed by atoms with E-state index in [2.05, 4.69) is 10.3 Å². The molecule has 0 bridgehead atoms. The molecule has 2 rings (SSSR count). The lowest BCUT2D eigenvalue weighted by Gasteiger charge is -1.95. The SMILES string of the molecule is CNCCCc1coc(-c2cccc(F)c2)n1. The maximum atomic E-state index is 13.0. The van der Waals surface area contributed by atoms with E-state index in [1.54, 1.807) is 18.4 Å². The molecule has 0 saturated carbocycles. The first-order chi connectivity index (χ1) is 8.29. The molecule has 0 fully saturated rings. The molecule has 0 aliphatic carbocycles. The van der Waals surface area contributed by atoms with Gasteiger partial charge in [0.25, 0.3) is 0 Å². The van der Waals surface area contributed by atoms with Crippen LogP contribution >= 0.6 is 0 Å². The lowest BCUT2D eigenvalue weighted by molar-refractivity contribution is 0.569. The number of oxazole rings is 1. The normalized spacial score (nSPS) is 10.7. The topological polar surface area (TPSA) is 38.1 Å². The molecule has 0 aliphatic rings. The zero-order chi connectivity index (χ0) is 12.1. The highest BCUT2D eigenvalue weighted by molar-refractivity contribution is 5.52. The summed E-state index contributed by atoms with van der Waals surface area (Å²) in [4.78, 5) is 4.33. The molecule has 0 atom stereocenters. The zero-order valence-corrected chi connectivity index (χ0v) is 9.74. The molecular weight excluding hydrogens is 219 g/mol. The number of hydrogen-bond acceptors (Lipinski definition) is 3. The second kappa shape index (κ2) is 5.59. The van der Waals surface area contributed by atoms with Gasteiger partial charge in [0.1, 0.15) is 12.1 Å². The van der Waals surface area contributed by atoms with E-state index in [1.807, 2.05) is 7.05 Å². The summed E-state index contributed by atoms with van der Waals surface area (Å²) in [6, 6.07) is 6.26. The van der Waals surface area contributed by atoms with Crippen LogP contribution in [0.4, 0.5) is 4.39 Å². The van der Waals surface area contributed by atoms with Crippen LogP contribution in [-0.4, -0.2) is 18.6 Å². The summed E-state index contributed by atoms with van der Waals surface area (Å²) < 4.78 is 18.4. The van der Waals surface area contributed by atoms with E-state index in [0.717, 1.165) is 25.1 Å². The number of hydrogen-bond donors (Lipinski definition) is 1. The van der Waals surface area contributed by atoms with E-state index >= 15 is 0 Å². The van der Waals surface area contributed by atoms with Crippen LogP contribution < -0.4 is 5.32 Å². The highest BCUT2D eigenvalue weighted by Crippen LogP contribution is 2.19. The van der Waals surface area contributed by atoms with Crippen molar-refractivity contribution in [2.45, 2.75) is 12.8 Å². The first kappa shape index (κ1) is 11.8. The predicted molar refractivity (Wildman–Crippen MR) is 64.1 cm³/mol. The van der Waals surface area contributed by atoms with Gasteiger partial charge in [-0.25, -0.2) is 9.37 Å². The molecule has 1 heterocycles. The fourth-order valence-corrected chi connectivity index (χ4v) is 1.62. The summed E-state index contributed by atoms with van der Waals surface area (Å²) in [6.07, 6.45) is 3.50. The Morgan fingerprint density at radius 2 is 2.29 bits per heavy atom. The zero-order valence-electron chi connectivity index (χ0n) is 9.74. The molecule has 0 spiro atoms. The molecule has 1 N–H and O–H groups in total. The first-order valence-electron chi connectivity index (χ1n) is 5.64. The van der Waals surface area contributed by atoms with Crippen molar-refractivity contribution < 1.29 is 8.81 Å². The molecular formula is C13H15FN2O. The first-order valence-corrected chi connectivity index (χ1v) is 5.64. The van der Waals surface area contributed by atoms with Crippen LogP contribution in [0.1, 0.15) is 12.1 Å². The molecule has 2 aromatic rings. The highest BCUT2D eigenvalue weighted by Gasteiger charge is 2.06. The predicted octanol–water partition coefficient (Wildman–Crippen LogP) is 2.63. The summed E-state index contributed by atoms with van der Waals surface area (Å²) in [5.74, 6) is 0.196. The van der Waals surface area contributed by atoms with E-state index in [-0.39, 0.29) is 5.82 Å². The van der Waals surface area contributed by atoms with Crippen molar-refractivity contribution in [1.29, 1.82) is 0 Å². The Labute approximate surface area is 99.7 Å². The van der Waals surface area contributed by atoms with Gasteiger partial charge in [0, 0.05) is 5.56 Å². The highest BCUT2D eigenvalue weighted by atomic mass is 19.1. The fourth-order valence-electron chi connectivity index (χ4n) is 1.62. The minimum Gasteiger partial charge on any atom is -0.444 e. The van der Waals surface area contributed by atoms with E-state index < -0.39 is 0 Å². The fraction of sp³-hybridized carbons (Fsp3) is 0.308. The largest absolute Gasteiger partial charge is 0.444 e. The number of nitrogens with one attached hydrogen (secondary N) is 1. The van der Waals surface area contributed by atoms with Crippen molar-refractivity contribution in [3.63, 3.8) is 0 Å². The Bertz CT molecular complexity index is 482. The Balaban J connectivity index is 2.07. The maximum Gasteiger partial charge on any atom is 0.226 e. The van der Waals surface area contributed by atoms with Crippen molar-refractivity contribution in [1.82, 2.24) is 10.3 Å². The minimum absolute atomic E-state index is 0.280. The molecule has 0 radical (unpaired) electrons. The molecule has 1 aromatic carbocycles. The van der Waals surface area contributed by atoms with Gasteiger partial charge in [0.05, 0.1) is 5.69 Å².